The normalized spacial score (nSPS) is 27.1. The molecule has 2 aliphatic rings. The van der Waals surface area contributed by atoms with Crippen molar-refractivity contribution in [1.29, 1.82) is 0 Å². The minimum atomic E-state index is -5.20. The molecule has 1 amide bonds. The standard InChI is InChI=1S/C36H56F3NO8/c1-6-8-9-10-11-12-13-14-15-16-27(47-24-25-17-19-26(44-5)20-18-25)21-23-45-30-28(40-33(42)36(37,38)39)32(46-22-7-2)48-31-29(41)34(3,4)35(30,31)43/h7,17-20,27-32,41,43H,2,6,8-16,21-24H2,1,3-5H3,(H,40,42)/t27-,28-,29?,30-,31-,32+,35+/m1/s1. The number of fused-ring (bicyclic) bond motifs is 1. The molecule has 1 heterocycles. The largest absolute Gasteiger partial charge is 0.497 e. The van der Waals surface area contributed by atoms with Crippen LogP contribution in [0.4, 0.5) is 13.2 Å². The molecule has 9 nitrogen and oxygen atoms in total. The molecule has 7 atom stereocenters. The van der Waals surface area contributed by atoms with Gasteiger partial charge in [-0.2, -0.15) is 13.2 Å². The van der Waals surface area contributed by atoms with Crippen LogP contribution in [0.15, 0.2) is 36.9 Å². The molecule has 1 aliphatic heterocycles. The van der Waals surface area contributed by atoms with E-state index in [0.717, 1.165) is 37.0 Å². The summed E-state index contributed by atoms with van der Waals surface area (Å²) >= 11 is 0. The van der Waals surface area contributed by atoms with E-state index in [1.54, 1.807) is 21.0 Å². The van der Waals surface area contributed by atoms with E-state index in [4.69, 9.17) is 23.7 Å². The molecule has 1 aliphatic carbocycles. The number of amides is 1. The van der Waals surface area contributed by atoms with Gasteiger partial charge < -0.3 is 39.2 Å². The monoisotopic (exact) mass is 687 g/mol. The smallest absolute Gasteiger partial charge is 0.471 e. The van der Waals surface area contributed by atoms with Crippen LogP contribution in [0.25, 0.3) is 0 Å². The summed E-state index contributed by atoms with van der Waals surface area (Å²) < 4.78 is 69.4. The summed E-state index contributed by atoms with van der Waals surface area (Å²) in [5.41, 5.74) is -2.20. The second-order valence-corrected chi connectivity index (χ2v) is 13.5. The van der Waals surface area contributed by atoms with E-state index in [2.05, 4.69) is 13.5 Å². The van der Waals surface area contributed by atoms with Gasteiger partial charge in [-0.05, 0) is 30.5 Å². The zero-order chi connectivity index (χ0) is 35.4. The Kier molecular flexibility index (Phi) is 15.7. The third-order valence-electron chi connectivity index (χ3n) is 9.77. The van der Waals surface area contributed by atoms with Crippen molar-refractivity contribution in [3.8, 4) is 5.75 Å². The van der Waals surface area contributed by atoms with Crippen LogP contribution >= 0.6 is 0 Å². The van der Waals surface area contributed by atoms with Crippen molar-refractivity contribution in [1.82, 2.24) is 5.32 Å². The Hall–Kier alpha value is -2.22. The van der Waals surface area contributed by atoms with Crippen LogP contribution in [-0.4, -0.2) is 85.0 Å². The van der Waals surface area contributed by atoms with Crippen LogP contribution < -0.4 is 10.1 Å². The first kappa shape index (κ1) is 40.2. The molecule has 0 spiro atoms. The molecule has 2 fully saturated rings. The van der Waals surface area contributed by atoms with Crippen molar-refractivity contribution in [2.75, 3.05) is 20.3 Å². The Morgan fingerprint density at radius 1 is 1.04 bits per heavy atom. The summed E-state index contributed by atoms with van der Waals surface area (Å²) in [6, 6.07) is 6.01. The van der Waals surface area contributed by atoms with Gasteiger partial charge in [-0.1, -0.05) is 96.8 Å². The zero-order valence-electron chi connectivity index (χ0n) is 28.9. The molecule has 274 valence electrons. The first-order chi connectivity index (χ1) is 22.8. The van der Waals surface area contributed by atoms with Crippen molar-refractivity contribution in [3.05, 3.63) is 42.5 Å². The number of benzene rings is 1. The van der Waals surface area contributed by atoms with Gasteiger partial charge >= 0.3 is 12.1 Å². The van der Waals surface area contributed by atoms with Crippen molar-refractivity contribution in [2.45, 2.75) is 147 Å². The fraction of sp³-hybridized carbons (Fsp3) is 0.750. The second-order valence-electron chi connectivity index (χ2n) is 13.5. The van der Waals surface area contributed by atoms with E-state index in [1.807, 2.05) is 29.6 Å². The van der Waals surface area contributed by atoms with Crippen molar-refractivity contribution in [2.24, 2.45) is 5.41 Å². The maximum absolute atomic E-state index is 13.4. The molecular formula is C36H56F3NO8. The predicted molar refractivity (Wildman–Crippen MR) is 175 cm³/mol. The highest BCUT2D eigenvalue weighted by Gasteiger charge is 2.76. The Labute approximate surface area is 283 Å². The van der Waals surface area contributed by atoms with Gasteiger partial charge in [-0.25, -0.2) is 0 Å². The molecule has 1 aromatic rings. The van der Waals surface area contributed by atoms with E-state index in [9.17, 15) is 28.2 Å². The van der Waals surface area contributed by atoms with Gasteiger partial charge in [0.05, 0.1) is 32.5 Å². The lowest BCUT2D eigenvalue weighted by Gasteiger charge is -2.67. The van der Waals surface area contributed by atoms with Gasteiger partial charge in [0.15, 0.2) is 6.29 Å². The second kappa shape index (κ2) is 18.7. The third kappa shape index (κ3) is 10.2. The molecule has 1 aromatic carbocycles. The summed E-state index contributed by atoms with van der Waals surface area (Å²) in [5.74, 6) is -1.49. The lowest BCUT2D eigenvalue weighted by Crippen LogP contribution is -2.86. The zero-order valence-corrected chi connectivity index (χ0v) is 28.9. The van der Waals surface area contributed by atoms with E-state index >= 15 is 0 Å². The average Bonchev–Trinajstić information content (AvgIpc) is 3.06. The summed E-state index contributed by atoms with van der Waals surface area (Å²) in [7, 11) is 1.60. The summed E-state index contributed by atoms with van der Waals surface area (Å²) in [4.78, 5) is 12.2. The van der Waals surface area contributed by atoms with Gasteiger partial charge in [-0.15, -0.1) is 6.58 Å². The van der Waals surface area contributed by atoms with Crippen LogP contribution in [0.2, 0.25) is 0 Å². The molecule has 1 saturated heterocycles. The number of ether oxygens (including phenoxy) is 5. The molecule has 1 saturated carbocycles. The quantitative estimate of drug-likeness (QED) is 0.0951. The van der Waals surface area contributed by atoms with E-state index < -0.39 is 53.7 Å². The summed E-state index contributed by atoms with van der Waals surface area (Å²) in [6.45, 7) is 9.16. The Balaban J connectivity index is 1.72. The van der Waals surface area contributed by atoms with Gasteiger partial charge in [0.2, 0.25) is 0 Å². The van der Waals surface area contributed by atoms with Gasteiger partial charge in [0.25, 0.3) is 0 Å². The Morgan fingerprint density at radius 3 is 2.25 bits per heavy atom. The van der Waals surface area contributed by atoms with Crippen LogP contribution in [0, 0.1) is 5.41 Å². The molecule has 3 rings (SSSR count). The van der Waals surface area contributed by atoms with Gasteiger partial charge in [0.1, 0.15) is 29.6 Å². The lowest BCUT2D eigenvalue weighted by molar-refractivity contribution is -0.410. The number of aliphatic hydroxyl groups excluding tert-OH is 1. The number of hydrogen-bond donors (Lipinski definition) is 3. The number of nitrogens with one attached hydrogen (secondary N) is 1. The Bertz CT molecular complexity index is 1120. The van der Waals surface area contributed by atoms with Crippen LogP contribution in [0.1, 0.15) is 97.0 Å². The molecule has 12 heteroatoms. The lowest BCUT2D eigenvalue weighted by atomic mass is 9.50. The highest BCUT2D eigenvalue weighted by Crippen LogP contribution is 2.57. The molecule has 3 N–H and O–H groups in total. The highest BCUT2D eigenvalue weighted by molar-refractivity contribution is 5.82. The van der Waals surface area contributed by atoms with Crippen molar-refractivity contribution in [3.63, 3.8) is 0 Å². The van der Waals surface area contributed by atoms with Gasteiger partial charge in [-0.3, -0.25) is 4.79 Å². The fourth-order valence-electron chi connectivity index (χ4n) is 6.65. The van der Waals surface area contributed by atoms with Crippen LogP contribution in [0.3, 0.4) is 0 Å². The predicted octanol–water partition coefficient (Wildman–Crippen LogP) is 6.38. The number of alkyl halides is 3. The minimum absolute atomic E-state index is 0.00312. The number of unbranched alkanes of at least 4 members (excludes halogenated alkanes) is 8. The van der Waals surface area contributed by atoms with Gasteiger partial charge in [0, 0.05) is 12.0 Å². The third-order valence-corrected chi connectivity index (χ3v) is 9.77. The Morgan fingerprint density at radius 2 is 1.67 bits per heavy atom. The molecule has 1 unspecified atom stereocenters. The average molecular weight is 688 g/mol. The number of hydrogen-bond acceptors (Lipinski definition) is 8. The molecule has 0 aromatic heterocycles. The SMILES string of the molecule is C=CCO[C@H]1O[C@@H]2C(O)C(C)(C)[C@]2(O)[C@H](OCC[C@@H](CCCCCCCCCCC)OCc2ccc(OC)cc2)[C@H]1NC(=O)C(F)(F)F. The van der Waals surface area contributed by atoms with E-state index in [-0.39, 0.29) is 19.3 Å². The number of aliphatic hydroxyl groups is 2. The summed E-state index contributed by atoms with van der Waals surface area (Å²) in [6.07, 6.45) is 2.44. The number of carbonyl (C=O) groups excluding carboxylic acids is 1. The molecular weight excluding hydrogens is 631 g/mol. The number of rotatable bonds is 22. The topological polar surface area (TPSA) is 116 Å². The summed E-state index contributed by atoms with van der Waals surface area (Å²) in [5, 5.41) is 24.7. The first-order valence-electron chi connectivity index (χ1n) is 17.3. The van der Waals surface area contributed by atoms with Crippen molar-refractivity contribution < 1.29 is 51.9 Å². The van der Waals surface area contributed by atoms with E-state index in [0.29, 0.717) is 13.0 Å². The minimum Gasteiger partial charge on any atom is -0.497 e. The number of carbonyl (C=O) groups is 1. The van der Waals surface area contributed by atoms with Crippen LogP contribution in [-0.2, 0) is 30.3 Å². The maximum atomic E-state index is 13.4. The molecule has 0 bridgehead atoms. The first-order valence-corrected chi connectivity index (χ1v) is 17.3. The fourth-order valence-corrected chi connectivity index (χ4v) is 6.65. The molecule has 48 heavy (non-hydrogen) atoms. The van der Waals surface area contributed by atoms with Crippen molar-refractivity contribution >= 4 is 5.91 Å². The number of methoxy groups -OCH3 is 1. The highest BCUT2D eigenvalue weighted by atomic mass is 19.4. The van der Waals surface area contributed by atoms with Crippen LogP contribution in [0.5, 0.6) is 5.75 Å². The van der Waals surface area contributed by atoms with E-state index in [1.165, 1.54) is 44.6 Å². The molecule has 0 radical (unpaired) electrons. The maximum Gasteiger partial charge on any atom is 0.471 e. The number of halogens is 3.